The van der Waals surface area contributed by atoms with Crippen molar-refractivity contribution in [1.82, 2.24) is 14.7 Å². The highest BCUT2D eigenvalue weighted by Crippen LogP contribution is 2.29. The normalized spacial score (nSPS) is 20.9. The summed E-state index contributed by atoms with van der Waals surface area (Å²) in [5.41, 5.74) is -0.315. The number of amides is 2. The second kappa shape index (κ2) is 10.5. The van der Waals surface area contributed by atoms with Gasteiger partial charge in [-0.05, 0) is 64.6 Å². The van der Waals surface area contributed by atoms with Gasteiger partial charge in [0.1, 0.15) is 0 Å². The lowest BCUT2D eigenvalue weighted by Gasteiger charge is -2.44. The summed E-state index contributed by atoms with van der Waals surface area (Å²) in [7, 11) is 0. The molecule has 8 heteroatoms. The van der Waals surface area contributed by atoms with E-state index in [1.165, 1.54) is 13.3 Å². The van der Waals surface area contributed by atoms with Gasteiger partial charge in [0.25, 0.3) is 5.91 Å². The van der Waals surface area contributed by atoms with Gasteiger partial charge in [0.15, 0.2) is 17.5 Å². The van der Waals surface area contributed by atoms with Crippen LogP contribution in [0.4, 0.5) is 13.2 Å². The predicted molar refractivity (Wildman–Crippen MR) is 119 cm³/mol. The zero-order chi connectivity index (χ0) is 23.5. The van der Waals surface area contributed by atoms with E-state index in [-0.39, 0.29) is 29.1 Å². The molecular formula is C25H34F3N3O2. The molecule has 1 aromatic rings. The molecule has 1 aromatic carbocycles. The average Bonchev–Trinajstić information content (AvgIpc) is 3.34. The van der Waals surface area contributed by atoms with Crippen molar-refractivity contribution in [2.45, 2.75) is 76.8 Å². The fourth-order valence-corrected chi connectivity index (χ4v) is 5.70. The van der Waals surface area contributed by atoms with E-state index >= 15 is 0 Å². The molecule has 0 N–H and O–H groups in total. The maximum Gasteiger partial charge on any atom is 0.254 e. The number of carbonyl (C=O) groups excluding carboxylic acids is 2. The summed E-state index contributed by atoms with van der Waals surface area (Å²) < 4.78 is 41.2. The third-order valence-electron chi connectivity index (χ3n) is 7.60. The Hall–Kier alpha value is -2.09. The Morgan fingerprint density at radius 2 is 1.48 bits per heavy atom. The van der Waals surface area contributed by atoms with Crippen LogP contribution in [0.5, 0.6) is 0 Å². The van der Waals surface area contributed by atoms with Gasteiger partial charge in [-0.2, -0.15) is 0 Å². The summed E-state index contributed by atoms with van der Waals surface area (Å²) in [6.07, 6.45) is 9.09. The smallest absolute Gasteiger partial charge is 0.254 e. The van der Waals surface area contributed by atoms with Crippen LogP contribution in [0, 0.1) is 24.4 Å². The van der Waals surface area contributed by atoms with Crippen LogP contribution in [0.3, 0.4) is 0 Å². The minimum absolute atomic E-state index is 0.0649. The Morgan fingerprint density at radius 3 is 2.12 bits per heavy atom. The zero-order valence-electron chi connectivity index (χ0n) is 19.4. The van der Waals surface area contributed by atoms with Crippen LogP contribution < -0.4 is 0 Å². The van der Waals surface area contributed by atoms with Gasteiger partial charge in [-0.25, -0.2) is 13.2 Å². The van der Waals surface area contributed by atoms with E-state index in [2.05, 4.69) is 9.80 Å². The molecule has 0 unspecified atom stereocenters. The Morgan fingerprint density at radius 1 is 0.879 bits per heavy atom. The van der Waals surface area contributed by atoms with E-state index in [1.54, 1.807) is 4.90 Å². The summed E-state index contributed by atoms with van der Waals surface area (Å²) in [5, 5.41) is 0. The Balaban J connectivity index is 1.44. The molecule has 2 amide bonds. The molecule has 3 aliphatic rings. The molecule has 0 spiro atoms. The second-order valence-electron chi connectivity index (χ2n) is 9.76. The van der Waals surface area contributed by atoms with E-state index in [4.69, 9.17) is 0 Å². The van der Waals surface area contributed by atoms with Gasteiger partial charge in [0.2, 0.25) is 5.91 Å². The van der Waals surface area contributed by atoms with E-state index in [0.717, 1.165) is 57.7 Å². The second-order valence-corrected chi connectivity index (χ2v) is 9.76. The fraction of sp³-hybridized carbons (Fsp3) is 0.680. The van der Waals surface area contributed by atoms with E-state index < -0.39 is 23.4 Å². The summed E-state index contributed by atoms with van der Waals surface area (Å²) in [4.78, 5) is 32.2. The SMILES string of the molecule is Cc1c(C(=O)N2CCC(N(C(=O)CN3CCCC3)C3CCCCC3)CC2)cc(F)c(F)c1F. The van der Waals surface area contributed by atoms with Crippen LogP contribution in [0.25, 0.3) is 0 Å². The van der Waals surface area contributed by atoms with Crippen LogP contribution in [-0.2, 0) is 4.79 Å². The van der Waals surface area contributed by atoms with Crippen LogP contribution in [0.15, 0.2) is 6.07 Å². The fourth-order valence-electron chi connectivity index (χ4n) is 5.70. The number of benzene rings is 1. The molecule has 33 heavy (non-hydrogen) atoms. The van der Waals surface area contributed by atoms with Crippen molar-refractivity contribution in [2.24, 2.45) is 0 Å². The van der Waals surface area contributed by atoms with Gasteiger partial charge in [-0.1, -0.05) is 19.3 Å². The summed E-state index contributed by atoms with van der Waals surface area (Å²) in [6.45, 7) is 4.51. The van der Waals surface area contributed by atoms with E-state index in [1.807, 2.05) is 0 Å². The maximum absolute atomic E-state index is 14.0. The first-order chi connectivity index (χ1) is 15.9. The highest BCUT2D eigenvalue weighted by atomic mass is 19.2. The first-order valence-electron chi connectivity index (χ1n) is 12.3. The van der Waals surface area contributed by atoms with Gasteiger partial charge in [0.05, 0.1) is 6.54 Å². The highest BCUT2D eigenvalue weighted by Gasteiger charge is 2.36. The standard InChI is InChI=1S/C25H34F3N3O2/c1-17-20(15-21(26)24(28)23(17)27)25(33)30-13-9-19(10-14-30)31(18-7-3-2-4-8-18)22(32)16-29-11-5-6-12-29/h15,18-19H,2-14,16H2,1H3. The van der Waals surface area contributed by atoms with Crippen LogP contribution in [-0.4, -0.2) is 71.3 Å². The first kappa shape index (κ1) is 24.0. The highest BCUT2D eigenvalue weighted by molar-refractivity contribution is 5.95. The van der Waals surface area contributed by atoms with Crippen molar-refractivity contribution in [1.29, 1.82) is 0 Å². The number of halogens is 3. The third kappa shape index (κ3) is 5.20. The van der Waals surface area contributed by atoms with Crippen LogP contribution >= 0.6 is 0 Å². The molecule has 2 heterocycles. The van der Waals surface area contributed by atoms with Gasteiger partial charge in [-0.3, -0.25) is 14.5 Å². The lowest BCUT2D eigenvalue weighted by molar-refractivity contribution is -0.139. The largest absolute Gasteiger partial charge is 0.338 e. The molecule has 2 aliphatic heterocycles. The quantitative estimate of drug-likeness (QED) is 0.610. The first-order valence-corrected chi connectivity index (χ1v) is 12.3. The summed E-state index contributed by atoms with van der Waals surface area (Å²) in [5.74, 6) is -4.53. The number of carbonyl (C=O) groups is 2. The lowest BCUT2D eigenvalue weighted by Crippen LogP contribution is -2.55. The number of piperidine rings is 1. The lowest BCUT2D eigenvalue weighted by atomic mass is 9.91. The molecule has 0 radical (unpaired) electrons. The Bertz CT molecular complexity index is 874. The molecule has 3 fully saturated rings. The number of likely N-dealkylation sites (tertiary alicyclic amines) is 2. The monoisotopic (exact) mass is 465 g/mol. The molecule has 0 bridgehead atoms. The van der Waals surface area contributed by atoms with Gasteiger partial charge >= 0.3 is 0 Å². The summed E-state index contributed by atoms with van der Waals surface area (Å²) >= 11 is 0. The minimum Gasteiger partial charge on any atom is -0.338 e. The maximum atomic E-state index is 14.0. The molecule has 1 saturated carbocycles. The molecule has 1 aliphatic carbocycles. The Kier molecular flexibility index (Phi) is 7.62. The van der Waals surface area contributed by atoms with Crippen molar-refractivity contribution in [2.75, 3.05) is 32.7 Å². The van der Waals surface area contributed by atoms with Crippen molar-refractivity contribution >= 4 is 11.8 Å². The molecule has 5 nitrogen and oxygen atoms in total. The number of hydrogen-bond acceptors (Lipinski definition) is 3. The number of nitrogens with zero attached hydrogens (tertiary/aromatic N) is 3. The predicted octanol–water partition coefficient (Wildman–Crippen LogP) is 4.27. The molecule has 0 atom stereocenters. The third-order valence-corrected chi connectivity index (χ3v) is 7.60. The zero-order valence-corrected chi connectivity index (χ0v) is 19.4. The van der Waals surface area contributed by atoms with Crippen molar-refractivity contribution < 1.29 is 22.8 Å². The molecule has 182 valence electrons. The topological polar surface area (TPSA) is 43.9 Å². The van der Waals surface area contributed by atoms with Gasteiger partial charge in [0, 0.05) is 36.3 Å². The molecule has 4 rings (SSSR count). The van der Waals surface area contributed by atoms with Crippen LogP contribution in [0.1, 0.15) is 73.7 Å². The van der Waals surface area contributed by atoms with E-state index in [9.17, 15) is 22.8 Å². The molecular weight excluding hydrogens is 431 g/mol. The van der Waals surface area contributed by atoms with Crippen LogP contribution in [0.2, 0.25) is 0 Å². The van der Waals surface area contributed by atoms with Crippen molar-refractivity contribution in [3.63, 3.8) is 0 Å². The average molecular weight is 466 g/mol. The van der Waals surface area contributed by atoms with Gasteiger partial charge in [-0.15, -0.1) is 0 Å². The minimum atomic E-state index is -1.55. The number of hydrogen-bond donors (Lipinski definition) is 0. The van der Waals surface area contributed by atoms with E-state index in [0.29, 0.717) is 32.5 Å². The van der Waals surface area contributed by atoms with Crippen molar-refractivity contribution in [3.8, 4) is 0 Å². The molecule has 0 aromatic heterocycles. The van der Waals surface area contributed by atoms with Gasteiger partial charge < -0.3 is 9.80 Å². The summed E-state index contributed by atoms with van der Waals surface area (Å²) in [6, 6.07) is 1.11. The molecule has 2 saturated heterocycles. The Labute approximate surface area is 193 Å². The number of rotatable bonds is 5. The van der Waals surface area contributed by atoms with Crippen molar-refractivity contribution in [3.05, 3.63) is 34.6 Å².